The third-order valence-electron chi connectivity index (χ3n) is 10.3. The molecule has 2 N–H and O–H groups in total. The highest BCUT2D eigenvalue weighted by Gasteiger charge is 2.16. The Bertz CT molecular complexity index is 3120. The second-order valence-corrected chi connectivity index (χ2v) is 15.6. The van der Waals surface area contributed by atoms with Crippen molar-refractivity contribution in [3.05, 3.63) is 234 Å². The van der Waals surface area contributed by atoms with Crippen LogP contribution in [0.1, 0.15) is 0 Å². The summed E-state index contributed by atoms with van der Waals surface area (Å²) in [6, 6.07) is 71.7. The van der Waals surface area contributed by atoms with Gasteiger partial charge in [-0.1, -0.05) is 218 Å². The van der Waals surface area contributed by atoms with Crippen molar-refractivity contribution in [1.29, 1.82) is 0 Å². The number of rotatable bonds is 8. The van der Waals surface area contributed by atoms with Crippen molar-refractivity contribution in [1.82, 2.24) is 29.9 Å². The topological polar surface area (TPSA) is 118 Å². The van der Waals surface area contributed by atoms with Crippen molar-refractivity contribution in [2.45, 2.75) is 0 Å². The molecule has 0 amide bonds. The van der Waals surface area contributed by atoms with Crippen LogP contribution in [0, 0.1) is 0 Å². The summed E-state index contributed by atoms with van der Waals surface area (Å²) in [6.07, 6.45) is 0. The molecule has 0 fully saturated rings. The minimum absolute atomic E-state index is 0.0899. The Morgan fingerprint density at radius 2 is 0.561 bits per heavy atom. The maximum Gasteiger partial charge on any atom is 0.489 e. The Kier molecular flexibility index (Phi) is 15.1. The highest BCUT2D eigenvalue weighted by atomic mass is 35.5. The van der Waals surface area contributed by atoms with Crippen molar-refractivity contribution in [3.63, 3.8) is 0 Å². The van der Waals surface area contributed by atoms with E-state index in [1.807, 2.05) is 152 Å². The van der Waals surface area contributed by atoms with Gasteiger partial charge < -0.3 is 10.0 Å². The second kappa shape index (κ2) is 22.0. The van der Waals surface area contributed by atoms with E-state index in [0.717, 1.165) is 55.6 Å². The fourth-order valence-electron chi connectivity index (χ4n) is 7.09. The van der Waals surface area contributed by atoms with Gasteiger partial charge in [-0.05, 0) is 84.8 Å². The summed E-state index contributed by atoms with van der Waals surface area (Å²) in [5.74, 6) is 1.58. The SMILES string of the molecule is Clc1nc(-c2ccc(-c3ccccc3)cc2)nc(-c2ccccc2-c2ccccc2)n1.Clc1nc(Cl)nc(-c2ccc(-c3ccccc3)cc2)n1.OB(O)c1ccccc1-c1ccccc1. The Morgan fingerprint density at radius 1 is 0.258 bits per heavy atom. The van der Waals surface area contributed by atoms with Crippen LogP contribution in [0.5, 0.6) is 0 Å². The van der Waals surface area contributed by atoms with E-state index in [4.69, 9.17) is 39.8 Å². The summed E-state index contributed by atoms with van der Waals surface area (Å²) in [5.41, 5.74) is 11.8. The summed E-state index contributed by atoms with van der Waals surface area (Å²) in [4.78, 5) is 25.4. The van der Waals surface area contributed by atoms with Crippen molar-refractivity contribution < 1.29 is 10.0 Å². The van der Waals surface area contributed by atoms with Crippen molar-refractivity contribution in [3.8, 4) is 78.7 Å². The molecule has 12 heteroatoms. The van der Waals surface area contributed by atoms with Crippen molar-refractivity contribution in [2.24, 2.45) is 0 Å². The van der Waals surface area contributed by atoms with Crippen molar-refractivity contribution in [2.75, 3.05) is 0 Å². The highest BCUT2D eigenvalue weighted by molar-refractivity contribution is 6.60. The molecule has 8 aromatic carbocycles. The van der Waals surface area contributed by atoms with E-state index in [9.17, 15) is 10.0 Å². The molecule has 0 saturated carbocycles. The first kappa shape index (κ1) is 45.2. The predicted molar refractivity (Wildman–Crippen MR) is 269 cm³/mol. The van der Waals surface area contributed by atoms with E-state index in [1.54, 1.807) is 12.1 Å². The summed E-state index contributed by atoms with van der Waals surface area (Å²) in [6.45, 7) is 0. The molecule has 8 nitrogen and oxygen atoms in total. The summed E-state index contributed by atoms with van der Waals surface area (Å²) in [7, 11) is -1.43. The molecule has 0 atom stereocenters. The van der Waals surface area contributed by atoms with Gasteiger partial charge in [-0.3, -0.25) is 0 Å². The molecule has 2 heterocycles. The van der Waals surface area contributed by atoms with Crippen LogP contribution in [0.15, 0.2) is 218 Å². The summed E-state index contributed by atoms with van der Waals surface area (Å²) in [5, 5.41) is 18.8. The molecular formula is C54H38BCl3N6O2. The van der Waals surface area contributed by atoms with Gasteiger partial charge in [-0.25, -0.2) is 4.98 Å². The van der Waals surface area contributed by atoms with Gasteiger partial charge in [0.1, 0.15) is 0 Å². The summed E-state index contributed by atoms with van der Waals surface area (Å²) < 4.78 is 0. The van der Waals surface area contributed by atoms with Crippen LogP contribution in [-0.2, 0) is 0 Å². The van der Waals surface area contributed by atoms with Gasteiger partial charge >= 0.3 is 7.12 Å². The lowest BCUT2D eigenvalue weighted by molar-refractivity contribution is 0.426. The quantitative estimate of drug-likeness (QED) is 0.145. The average Bonchev–Trinajstić information content (AvgIpc) is 3.37. The molecule has 0 spiro atoms. The minimum Gasteiger partial charge on any atom is -0.423 e. The van der Waals surface area contributed by atoms with Crippen LogP contribution in [0.2, 0.25) is 15.9 Å². The van der Waals surface area contributed by atoms with E-state index >= 15 is 0 Å². The zero-order valence-corrected chi connectivity index (χ0v) is 37.3. The first-order chi connectivity index (χ1) is 32.3. The van der Waals surface area contributed by atoms with Gasteiger partial charge in [0.2, 0.25) is 15.9 Å². The van der Waals surface area contributed by atoms with Crippen molar-refractivity contribution >= 4 is 47.4 Å². The third-order valence-corrected chi connectivity index (χ3v) is 10.8. The molecule has 66 heavy (non-hydrogen) atoms. The lowest BCUT2D eigenvalue weighted by Gasteiger charge is -2.10. The molecule has 10 rings (SSSR count). The number of aromatic nitrogens is 6. The largest absolute Gasteiger partial charge is 0.489 e. The van der Waals surface area contributed by atoms with Crippen LogP contribution in [-0.4, -0.2) is 47.1 Å². The molecule has 2 aromatic heterocycles. The fourth-order valence-corrected chi connectivity index (χ4v) is 7.61. The zero-order valence-electron chi connectivity index (χ0n) is 35.1. The zero-order chi connectivity index (χ0) is 45.7. The van der Waals surface area contributed by atoms with E-state index in [2.05, 4.69) is 79.5 Å². The molecule has 0 aliphatic rings. The van der Waals surface area contributed by atoms with Crippen LogP contribution in [0.4, 0.5) is 0 Å². The monoisotopic (exact) mass is 918 g/mol. The summed E-state index contributed by atoms with van der Waals surface area (Å²) >= 11 is 17.9. The molecule has 0 radical (unpaired) electrons. The number of hydrogen-bond acceptors (Lipinski definition) is 8. The average molecular weight is 920 g/mol. The molecule has 0 saturated heterocycles. The van der Waals surface area contributed by atoms with Gasteiger partial charge in [0.25, 0.3) is 0 Å². The van der Waals surface area contributed by atoms with Gasteiger partial charge in [-0.15, -0.1) is 0 Å². The maximum atomic E-state index is 9.22. The Morgan fingerprint density at radius 3 is 1.02 bits per heavy atom. The molecule has 0 aliphatic carbocycles. The molecular weight excluding hydrogens is 882 g/mol. The van der Waals surface area contributed by atoms with Gasteiger partial charge in [-0.2, -0.15) is 24.9 Å². The number of hydrogen-bond donors (Lipinski definition) is 2. The van der Waals surface area contributed by atoms with Crippen LogP contribution >= 0.6 is 34.8 Å². The van der Waals surface area contributed by atoms with Crippen LogP contribution in [0.25, 0.3) is 78.7 Å². The number of halogens is 3. The smallest absolute Gasteiger partial charge is 0.423 e. The standard InChI is InChI=1S/C27H18ClN3.C15H9Cl2N3.C12H11BO2/c28-27-30-25(22-17-15-20(16-18-22)19-9-3-1-4-10-19)29-26(31-27)24-14-8-7-13-23(24)21-11-5-2-6-12-21;16-14-18-13(19-15(17)20-14)12-8-6-11(7-9-12)10-4-2-1-3-5-10;14-13(15)12-9-5-4-8-11(12)10-6-2-1-3-7-10/h1-18H;1-9H;1-9,14-15H. The number of nitrogens with zero attached hydrogens (tertiary/aromatic N) is 6. The Balaban J connectivity index is 0.000000145. The maximum absolute atomic E-state index is 9.22. The van der Waals surface area contributed by atoms with Gasteiger partial charge in [0.05, 0.1) is 0 Å². The van der Waals surface area contributed by atoms with E-state index < -0.39 is 7.12 Å². The Hall–Kier alpha value is -7.37. The highest BCUT2D eigenvalue weighted by Crippen LogP contribution is 2.32. The minimum atomic E-state index is -1.43. The molecule has 10 aromatic rings. The lowest BCUT2D eigenvalue weighted by Crippen LogP contribution is -2.31. The van der Waals surface area contributed by atoms with Gasteiger partial charge in [0.15, 0.2) is 17.5 Å². The molecule has 0 unspecified atom stereocenters. The number of benzene rings is 8. The van der Waals surface area contributed by atoms with Crippen LogP contribution < -0.4 is 5.46 Å². The van der Waals surface area contributed by atoms with E-state index in [-0.39, 0.29) is 15.9 Å². The Labute approximate surface area is 398 Å². The molecule has 0 bridgehead atoms. The lowest BCUT2D eigenvalue weighted by atomic mass is 9.75. The first-order valence-electron chi connectivity index (χ1n) is 20.7. The third kappa shape index (κ3) is 11.7. The van der Waals surface area contributed by atoms with Gasteiger partial charge in [0, 0.05) is 16.7 Å². The predicted octanol–water partition coefficient (Wildman–Crippen LogP) is 12.7. The first-order valence-corrected chi connectivity index (χ1v) is 21.9. The fraction of sp³-hybridized carbons (Fsp3) is 0. The van der Waals surface area contributed by atoms with E-state index in [1.165, 1.54) is 5.56 Å². The van der Waals surface area contributed by atoms with E-state index in [0.29, 0.717) is 22.9 Å². The second-order valence-electron chi connectivity index (χ2n) is 14.6. The van der Waals surface area contributed by atoms with Crippen LogP contribution in [0.3, 0.4) is 0 Å². The molecule has 0 aliphatic heterocycles. The normalized spacial score (nSPS) is 10.5. The molecule has 320 valence electrons.